The number of halogens is 1. The van der Waals surface area contributed by atoms with E-state index in [2.05, 4.69) is 26.0 Å². The summed E-state index contributed by atoms with van der Waals surface area (Å²) in [6.45, 7) is 0. The fourth-order valence-electron chi connectivity index (χ4n) is 2.09. The molecule has 0 unspecified atom stereocenters. The predicted octanol–water partition coefficient (Wildman–Crippen LogP) is 3.19. The minimum absolute atomic E-state index is 0.126. The standard InChI is InChI=1S/C15H8BrN3OS2/c16-11-6-2-1-5-10(11)13-17-15-19(18-13)14(20)12(22-15)8-9-4-3-7-21-9/h1-8H/b12-8-. The molecule has 0 saturated heterocycles. The van der Waals surface area contributed by atoms with Gasteiger partial charge in [0.05, 0.1) is 4.53 Å². The summed E-state index contributed by atoms with van der Waals surface area (Å²) >= 11 is 6.44. The van der Waals surface area contributed by atoms with Crippen LogP contribution in [0.2, 0.25) is 0 Å². The van der Waals surface area contributed by atoms with Gasteiger partial charge in [-0.15, -0.1) is 16.4 Å². The highest BCUT2D eigenvalue weighted by Crippen LogP contribution is 2.25. The van der Waals surface area contributed by atoms with Crippen LogP contribution in [-0.4, -0.2) is 14.6 Å². The molecule has 3 heterocycles. The third kappa shape index (κ3) is 2.31. The molecule has 0 saturated carbocycles. The van der Waals surface area contributed by atoms with E-state index in [-0.39, 0.29) is 5.56 Å². The molecule has 0 fully saturated rings. The van der Waals surface area contributed by atoms with E-state index in [4.69, 9.17) is 0 Å². The molecule has 0 aliphatic rings. The molecule has 0 aliphatic carbocycles. The summed E-state index contributed by atoms with van der Waals surface area (Å²) in [5, 5.41) is 6.33. The molecule has 0 amide bonds. The topological polar surface area (TPSA) is 47.3 Å². The molecule has 4 nitrogen and oxygen atoms in total. The largest absolute Gasteiger partial charge is 0.291 e. The van der Waals surface area contributed by atoms with Crippen LogP contribution in [0.1, 0.15) is 4.88 Å². The lowest BCUT2D eigenvalue weighted by molar-refractivity contribution is 0.936. The second-order valence-electron chi connectivity index (χ2n) is 4.54. The van der Waals surface area contributed by atoms with Crippen LogP contribution >= 0.6 is 38.6 Å². The van der Waals surface area contributed by atoms with Gasteiger partial charge in [0.25, 0.3) is 5.56 Å². The van der Waals surface area contributed by atoms with E-state index in [1.54, 1.807) is 11.3 Å². The van der Waals surface area contributed by atoms with Gasteiger partial charge >= 0.3 is 0 Å². The highest BCUT2D eigenvalue weighted by atomic mass is 79.9. The van der Waals surface area contributed by atoms with Gasteiger partial charge in [-0.05, 0) is 29.7 Å². The zero-order valence-electron chi connectivity index (χ0n) is 11.1. The molecular weight excluding hydrogens is 382 g/mol. The van der Waals surface area contributed by atoms with Crippen molar-refractivity contribution in [2.45, 2.75) is 0 Å². The Morgan fingerprint density at radius 3 is 2.77 bits per heavy atom. The average Bonchev–Trinajstić information content (AvgIpc) is 3.20. The Morgan fingerprint density at radius 2 is 2.05 bits per heavy atom. The quantitative estimate of drug-likeness (QED) is 0.528. The zero-order valence-corrected chi connectivity index (χ0v) is 14.3. The van der Waals surface area contributed by atoms with Crippen LogP contribution < -0.4 is 10.1 Å². The van der Waals surface area contributed by atoms with Gasteiger partial charge in [-0.2, -0.15) is 9.50 Å². The molecule has 1 aromatic carbocycles. The molecular formula is C15H8BrN3OS2. The van der Waals surface area contributed by atoms with Crippen molar-refractivity contribution in [3.05, 3.63) is 66.0 Å². The molecule has 0 bridgehead atoms. The third-order valence-corrected chi connectivity index (χ3v) is 5.58. The average molecular weight is 390 g/mol. The highest BCUT2D eigenvalue weighted by Gasteiger charge is 2.13. The minimum atomic E-state index is -0.126. The Balaban J connectivity index is 1.88. The molecule has 0 N–H and O–H groups in total. The summed E-state index contributed by atoms with van der Waals surface area (Å²) in [6.07, 6.45) is 1.88. The van der Waals surface area contributed by atoms with Crippen molar-refractivity contribution in [3.8, 4) is 11.4 Å². The van der Waals surface area contributed by atoms with E-state index in [1.165, 1.54) is 15.9 Å². The first-order valence-corrected chi connectivity index (χ1v) is 8.91. The number of thiazole rings is 1. The first-order chi connectivity index (χ1) is 10.7. The maximum Gasteiger partial charge on any atom is 0.291 e. The van der Waals surface area contributed by atoms with Crippen LogP contribution in [0.5, 0.6) is 0 Å². The van der Waals surface area contributed by atoms with Crippen molar-refractivity contribution in [2.75, 3.05) is 0 Å². The lowest BCUT2D eigenvalue weighted by Gasteiger charge is -1.96. The number of benzene rings is 1. The Bertz CT molecular complexity index is 1070. The summed E-state index contributed by atoms with van der Waals surface area (Å²) < 4.78 is 2.93. The number of thiophene rings is 1. The number of fused-ring (bicyclic) bond motifs is 1. The molecule has 108 valence electrons. The van der Waals surface area contributed by atoms with Gasteiger partial charge in [-0.1, -0.05) is 45.5 Å². The number of rotatable bonds is 2. The van der Waals surface area contributed by atoms with E-state index in [0.29, 0.717) is 15.3 Å². The Morgan fingerprint density at radius 1 is 1.18 bits per heavy atom. The minimum Gasteiger partial charge on any atom is -0.266 e. The second kappa shape index (κ2) is 5.42. The maximum atomic E-state index is 12.4. The summed E-state index contributed by atoms with van der Waals surface area (Å²) in [6, 6.07) is 11.6. The third-order valence-electron chi connectivity index (χ3n) is 3.11. The fourth-order valence-corrected chi connectivity index (χ4v) is 4.19. The van der Waals surface area contributed by atoms with Crippen LogP contribution in [0, 0.1) is 0 Å². The number of hydrogen-bond donors (Lipinski definition) is 0. The van der Waals surface area contributed by atoms with Crippen LogP contribution in [-0.2, 0) is 0 Å². The number of aromatic nitrogens is 3. The SMILES string of the molecule is O=c1/c(=C/c2cccs2)sc2nc(-c3ccccc3Br)nn12. The van der Waals surface area contributed by atoms with E-state index in [1.807, 2.05) is 47.9 Å². The van der Waals surface area contributed by atoms with E-state index in [9.17, 15) is 4.79 Å². The lowest BCUT2D eigenvalue weighted by atomic mass is 10.2. The highest BCUT2D eigenvalue weighted by molar-refractivity contribution is 9.10. The second-order valence-corrected chi connectivity index (χ2v) is 7.38. The number of nitrogens with zero attached hydrogens (tertiary/aromatic N) is 3. The van der Waals surface area contributed by atoms with Crippen molar-refractivity contribution in [3.63, 3.8) is 0 Å². The smallest absolute Gasteiger partial charge is 0.266 e. The first kappa shape index (κ1) is 13.8. The van der Waals surface area contributed by atoms with Crippen LogP contribution in [0.4, 0.5) is 0 Å². The number of hydrogen-bond acceptors (Lipinski definition) is 5. The van der Waals surface area contributed by atoms with E-state index >= 15 is 0 Å². The van der Waals surface area contributed by atoms with E-state index in [0.717, 1.165) is 14.9 Å². The first-order valence-electron chi connectivity index (χ1n) is 6.42. The van der Waals surface area contributed by atoms with Crippen molar-refractivity contribution >= 4 is 49.6 Å². The molecule has 3 aromatic heterocycles. The Hall–Kier alpha value is -1.83. The van der Waals surface area contributed by atoms with Crippen LogP contribution in [0.25, 0.3) is 22.4 Å². The fraction of sp³-hybridized carbons (Fsp3) is 0. The molecule has 4 aromatic rings. The summed E-state index contributed by atoms with van der Waals surface area (Å²) in [5.41, 5.74) is 0.751. The Labute approximate surface area is 141 Å². The normalized spacial score (nSPS) is 12.3. The Kier molecular flexibility index (Phi) is 3.40. The zero-order chi connectivity index (χ0) is 15.1. The molecule has 0 spiro atoms. The van der Waals surface area contributed by atoms with Crippen molar-refractivity contribution in [2.24, 2.45) is 0 Å². The molecule has 4 rings (SSSR count). The van der Waals surface area contributed by atoms with Crippen LogP contribution in [0.15, 0.2) is 51.0 Å². The summed E-state index contributed by atoms with van der Waals surface area (Å²) in [5.74, 6) is 0.554. The van der Waals surface area contributed by atoms with Gasteiger partial charge in [0.1, 0.15) is 0 Å². The molecule has 0 aliphatic heterocycles. The summed E-state index contributed by atoms with van der Waals surface area (Å²) in [4.78, 5) is 18.6. The monoisotopic (exact) mass is 389 g/mol. The van der Waals surface area contributed by atoms with Gasteiger partial charge in [0.2, 0.25) is 4.96 Å². The van der Waals surface area contributed by atoms with Gasteiger partial charge in [0.15, 0.2) is 5.82 Å². The van der Waals surface area contributed by atoms with Gasteiger partial charge in [0, 0.05) is 14.9 Å². The van der Waals surface area contributed by atoms with Crippen molar-refractivity contribution in [1.82, 2.24) is 14.6 Å². The van der Waals surface area contributed by atoms with Gasteiger partial charge in [-0.25, -0.2) is 0 Å². The van der Waals surface area contributed by atoms with Crippen LogP contribution in [0.3, 0.4) is 0 Å². The lowest BCUT2D eigenvalue weighted by Crippen LogP contribution is -2.23. The predicted molar refractivity (Wildman–Crippen MR) is 93.4 cm³/mol. The molecule has 7 heteroatoms. The van der Waals surface area contributed by atoms with Gasteiger partial charge in [-0.3, -0.25) is 4.79 Å². The molecule has 22 heavy (non-hydrogen) atoms. The molecule has 0 radical (unpaired) electrons. The summed E-state index contributed by atoms with van der Waals surface area (Å²) in [7, 11) is 0. The van der Waals surface area contributed by atoms with Crippen molar-refractivity contribution < 1.29 is 0 Å². The van der Waals surface area contributed by atoms with Gasteiger partial charge < -0.3 is 0 Å². The van der Waals surface area contributed by atoms with E-state index < -0.39 is 0 Å². The maximum absolute atomic E-state index is 12.4. The molecule has 0 atom stereocenters. The van der Waals surface area contributed by atoms with Crippen molar-refractivity contribution in [1.29, 1.82) is 0 Å².